The lowest BCUT2D eigenvalue weighted by Crippen LogP contribution is -2.30. The third-order valence-electron chi connectivity index (χ3n) is 3.17. The molecule has 20 heavy (non-hydrogen) atoms. The van der Waals surface area contributed by atoms with Crippen LogP contribution < -0.4 is 4.90 Å². The van der Waals surface area contributed by atoms with Crippen molar-refractivity contribution in [2.24, 2.45) is 0 Å². The summed E-state index contributed by atoms with van der Waals surface area (Å²) < 4.78 is 12.9. The van der Waals surface area contributed by atoms with E-state index in [-0.39, 0.29) is 11.7 Å². The summed E-state index contributed by atoms with van der Waals surface area (Å²) in [6.07, 6.45) is 0. The van der Waals surface area contributed by atoms with Crippen LogP contribution in [0.4, 0.5) is 10.1 Å². The molecule has 0 aliphatic carbocycles. The van der Waals surface area contributed by atoms with Gasteiger partial charge >= 0.3 is 0 Å². The standard InChI is InChI=1S/C17H18FNO/c1-4-19(16-10-12(2)9-13(3)11-16)17(20)14-5-7-15(18)8-6-14/h5-11H,4H2,1-3H3. The van der Waals surface area contributed by atoms with Crippen molar-refractivity contribution in [3.63, 3.8) is 0 Å². The first-order chi connectivity index (χ1) is 9.51. The molecule has 0 N–H and O–H groups in total. The zero-order valence-electron chi connectivity index (χ0n) is 12.0. The third-order valence-corrected chi connectivity index (χ3v) is 3.17. The minimum absolute atomic E-state index is 0.113. The number of carbonyl (C=O) groups excluding carboxylic acids is 1. The van der Waals surface area contributed by atoms with Crippen molar-refractivity contribution in [2.75, 3.05) is 11.4 Å². The molecule has 0 unspecified atom stereocenters. The molecule has 0 atom stereocenters. The van der Waals surface area contributed by atoms with Gasteiger partial charge in [0.05, 0.1) is 0 Å². The second-order valence-electron chi connectivity index (χ2n) is 4.90. The number of hydrogen-bond donors (Lipinski definition) is 0. The maximum Gasteiger partial charge on any atom is 0.258 e. The molecule has 2 aromatic carbocycles. The Morgan fingerprint density at radius 2 is 1.60 bits per heavy atom. The van der Waals surface area contributed by atoms with Crippen molar-refractivity contribution in [3.05, 3.63) is 65.0 Å². The number of benzene rings is 2. The van der Waals surface area contributed by atoms with Gasteiger partial charge in [0.25, 0.3) is 5.91 Å². The maximum absolute atomic E-state index is 12.9. The van der Waals surface area contributed by atoms with E-state index in [2.05, 4.69) is 6.07 Å². The molecule has 0 saturated carbocycles. The van der Waals surface area contributed by atoms with E-state index in [1.165, 1.54) is 24.3 Å². The molecule has 0 spiro atoms. The van der Waals surface area contributed by atoms with E-state index >= 15 is 0 Å². The largest absolute Gasteiger partial charge is 0.309 e. The van der Waals surface area contributed by atoms with Gasteiger partial charge in [-0.05, 0) is 68.3 Å². The number of carbonyl (C=O) groups is 1. The van der Waals surface area contributed by atoms with Gasteiger partial charge in [-0.1, -0.05) is 6.07 Å². The van der Waals surface area contributed by atoms with Crippen molar-refractivity contribution >= 4 is 11.6 Å². The highest BCUT2D eigenvalue weighted by Gasteiger charge is 2.16. The number of anilines is 1. The second kappa shape index (κ2) is 5.87. The van der Waals surface area contributed by atoms with Crippen molar-refractivity contribution in [1.29, 1.82) is 0 Å². The van der Waals surface area contributed by atoms with Gasteiger partial charge in [0.1, 0.15) is 5.82 Å². The Kier molecular flexibility index (Phi) is 4.18. The summed E-state index contributed by atoms with van der Waals surface area (Å²) in [6.45, 7) is 6.51. The first-order valence-electron chi connectivity index (χ1n) is 6.67. The number of rotatable bonds is 3. The molecule has 104 valence electrons. The predicted octanol–water partition coefficient (Wildman–Crippen LogP) is 4.11. The van der Waals surface area contributed by atoms with Crippen LogP contribution in [0.2, 0.25) is 0 Å². The summed E-state index contributed by atoms with van der Waals surface area (Å²) in [6, 6.07) is 11.7. The quantitative estimate of drug-likeness (QED) is 0.822. The monoisotopic (exact) mass is 271 g/mol. The Morgan fingerprint density at radius 3 is 2.10 bits per heavy atom. The van der Waals surface area contributed by atoms with Gasteiger partial charge in [-0.3, -0.25) is 4.79 Å². The van der Waals surface area contributed by atoms with Crippen LogP contribution in [-0.4, -0.2) is 12.5 Å². The summed E-state index contributed by atoms with van der Waals surface area (Å²) in [5, 5.41) is 0. The SMILES string of the molecule is CCN(C(=O)c1ccc(F)cc1)c1cc(C)cc(C)c1. The number of aryl methyl sites for hydroxylation is 2. The van der Waals surface area contributed by atoms with Crippen LogP contribution in [0, 0.1) is 19.7 Å². The summed E-state index contributed by atoms with van der Waals surface area (Å²) in [7, 11) is 0. The number of nitrogens with zero attached hydrogens (tertiary/aromatic N) is 1. The lowest BCUT2D eigenvalue weighted by molar-refractivity contribution is 0.0988. The Hall–Kier alpha value is -2.16. The molecular formula is C17H18FNO. The van der Waals surface area contributed by atoms with Gasteiger partial charge < -0.3 is 4.90 Å². The van der Waals surface area contributed by atoms with Crippen LogP contribution in [0.1, 0.15) is 28.4 Å². The third kappa shape index (κ3) is 3.05. The fraction of sp³-hybridized carbons (Fsp3) is 0.235. The average Bonchev–Trinajstić information content (AvgIpc) is 2.39. The predicted molar refractivity (Wildman–Crippen MR) is 79.7 cm³/mol. The summed E-state index contributed by atoms with van der Waals surface area (Å²) in [4.78, 5) is 14.2. The molecule has 1 amide bonds. The normalized spacial score (nSPS) is 10.4. The number of hydrogen-bond acceptors (Lipinski definition) is 1. The van der Waals surface area contributed by atoms with Gasteiger partial charge in [0, 0.05) is 17.8 Å². The van der Waals surface area contributed by atoms with Gasteiger partial charge in [-0.2, -0.15) is 0 Å². The van der Waals surface area contributed by atoms with Crippen LogP contribution in [-0.2, 0) is 0 Å². The Labute approximate surface area is 118 Å². The highest BCUT2D eigenvalue weighted by molar-refractivity contribution is 6.06. The van der Waals surface area contributed by atoms with Crippen LogP contribution in [0.25, 0.3) is 0 Å². The fourth-order valence-corrected chi connectivity index (χ4v) is 2.30. The number of amides is 1. The molecule has 2 nitrogen and oxygen atoms in total. The highest BCUT2D eigenvalue weighted by atomic mass is 19.1. The van der Waals surface area contributed by atoms with E-state index in [1.54, 1.807) is 4.90 Å². The van der Waals surface area contributed by atoms with E-state index in [4.69, 9.17) is 0 Å². The molecular weight excluding hydrogens is 253 g/mol. The van der Waals surface area contributed by atoms with E-state index in [0.29, 0.717) is 12.1 Å². The first kappa shape index (κ1) is 14.3. The van der Waals surface area contributed by atoms with Crippen molar-refractivity contribution < 1.29 is 9.18 Å². The minimum Gasteiger partial charge on any atom is -0.309 e. The molecule has 0 heterocycles. The Balaban J connectivity index is 2.36. The van der Waals surface area contributed by atoms with Crippen molar-refractivity contribution in [3.8, 4) is 0 Å². The molecule has 3 heteroatoms. The molecule has 0 bridgehead atoms. The summed E-state index contributed by atoms with van der Waals surface area (Å²) in [5.41, 5.74) is 3.60. The lowest BCUT2D eigenvalue weighted by atomic mass is 10.1. The van der Waals surface area contributed by atoms with Gasteiger partial charge in [0.15, 0.2) is 0 Å². The molecule has 0 saturated heterocycles. The number of halogens is 1. The Morgan fingerprint density at radius 1 is 1.05 bits per heavy atom. The lowest BCUT2D eigenvalue weighted by Gasteiger charge is -2.22. The maximum atomic E-state index is 12.9. The van der Waals surface area contributed by atoms with Crippen molar-refractivity contribution in [1.82, 2.24) is 0 Å². The minimum atomic E-state index is -0.337. The highest BCUT2D eigenvalue weighted by Crippen LogP contribution is 2.21. The van der Waals surface area contributed by atoms with E-state index in [0.717, 1.165) is 16.8 Å². The second-order valence-corrected chi connectivity index (χ2v) is 4.90. The zero-order chi connectivity index (χ0) is 14.7. The zero-order valence-corrected chi connectivity index (χ0v) is 12.0. The van der Waals surface area contributed by atoms with Crippen molar-refractivity contribution in [2.45, 2.75) is 20.8 Å². The van der Waals surface area contributed by atoms with E-state index in [1.807, 2.05) is 32.9 Å². The fourth-order valence-electron chi connectivity index (χ4n) is 2.30. The van der Waals surface area contributed by atoms with Crippen LogP contribution >= 0.6 is 0 Å². The average molecular weight is 271 g/mol. The molecule has 0 fully saturated rings. The summed E-state index contributed by atoms with van der Waals surface area (Å²) >= 11 is 0. The molecule has 0 aromatic heterocycles. The first-order valence-corrected chi connectivity index (χ1v) is 6.67. The van der Waals surface area contributed by atoms with Crippen LogP contribution in [0.15, 0.2) is 42.5 Å². The Bertz CT molecular complexity index is 599. The smallest absolute Gasteiger partial charge is 0.258 e. The molecule has 2 rings (SSSR count). The van der Waals surface area contributed by atoms with Crippen LogP contribution in [0.5, 0.6) is 0 Å². The molecule has 2 aromatic rings. The molecule has 0 radical (unpaired) electrons. The molecule has 0 aliphatic heterocycles. The topological polar surface area (TPSA) is 20.3 Å². The van der Waals surface area contributed by atoms with Gasteiger partial charge in [-0.15, -0.1) is 0 Å². The van der Waals surface area contributed by atoms with Crippen LogP contribution in [0.3, 0.4) is 0 Å². The van der Waals surface area contributed by atoms with E-state index < -0.39 is 0 Å². The van der Waals surface area contributed by atoms with Gasteiger partial charge in [0.2, 0.25) is 0 Å². The molecule has 0 aliphatic rings. The van der Waals surface area contributed by atoms with E-state index in [9.17, 15) is 9.18 Å². The summed E-state index contributed by atoms with van der Waals surface area (Å²) in [5.74, 6) is -0.450. The van der Waals surface area contributed by atoms with Gasteiger partial charge in [-0.25, -0.2) is 4.39 Å².